The topological polar surface area (TPSA) is 0 Å². The van der Waals surface area contributed by atoms with Crippen molar-refractivity contribution in [2.24, 2.45) is 0 Å². The average molecular weight is 344 g/mol. The molecule has 0 aromatic heterocycles. The van der Waals surface area contributed by atoms with Crippen LogP contribution in [0.4, 0.5) is 0 Å². The van der Waals surface area contributed by atoms with E-state index in [1.165, 1.54) is 56.9 Å². The maximum absolute atomic E-state index is 5.85. The minimum Gasteiger partial charge on any atom is -0.0928 e. The number of hydrogen-bond donors (Lipinski definition) is 0. The molecule has 0 spiro atoms. The molecule has 2 heteroatoms. The van der Waals surface area contributed by atoms with Crippen LogP contribution in [0.2, 0.25) is 5.02 Å². The van der Waals surface area contributed by atoms with Crippen molar-refractivity contribution in [3.63, 3.8) is 0 Å². The van der Waals surface area contributed by atoms with Crippen molar-refractivity contribution in [2.75, 3.05) is 5.33 Å². The Morgan fingerprint density at radius 1 is 0.842 bits per heavy atom. The van der Waals surface area contributed by atoms with Crippen LogP contribution in [0.1, 0.15) is 56.9 Å². The second-order valence-electron chi connectivity index (χ2n) is 4.91. The highest BCUT2D eigenvalue weighted by atomic mass is 79.9. The van der Waals surface area contributed by atoms with E-state index < -0.39 is 0 Å². The van der Waals surface area contributed by atoms with Gasteiger partial charge in [-0.25, -0.2) is 0 Å². The zero-order chi connectivity index (χ0) is 13.8. The third-order valence-corrected chi connectivity index (χ3v) is 4.00. The molecule has 0 aliphatic heterocycles. The minimum atomic E-state index is 0.803. The molecule has 0 unspecified atom stereocenters. The van der Waals surface area contributed by atoms with Gasteiger partial charge in [-0.2, -0.15) is 0 Å². The van der Waals surface area contributed by atoms with E-state index in [1.54, 1.807) is 0 Å². The molecule has 1 aromatic carbocycles. The van der Waals surface area contributed by atoms with Gasteiger partial charge in [-0.3, -0.25) is 0 Å². The van der Waals surface area contributed by atoms with E-state index in [1.807, 2.05) is 12.1 Å². The first-order valence-electron chi connectivity index (χ1n) is 7.31. The van der Waals surface area contributed by atoms with Crippen molar-refractivity contribution in [1.82, 2.24) is 0 Å². The van der Waals surface area contributed by atoms with Crippen molar-refractivity contribution in [3.05, 3.63) is 40.9 Å². The molecule has 0 fully saturated rings. The fraction of sp³-hybridized carbons (Fsp3) is 0.529. The molecule has 0 saturated carbocycles. The van der Waals surface area contributed by atoms with Crippen LogP contribution in [0.15, 0.2) is 30.3 Å². The van der Waals surface area contributed by atoms with Crippen LogP contribution < -0.4 is 0 Å². The van der Waals surface area contributed by atoms with Crippen LogP contribution >= 0.6 is 27.5 Å². The average Bonchev–Trinajstić information content (AvgIpc) is 2.43. The molecule has 0 atom stereocenters. The van der Waals surface area contributed by atoms with Gasteiger partial charge in [0.2, 0.25) is 0 Å². The molecule has 0 radical (unpaired) electrons. The maximum Gasteiger partial charge on any atom is 0.0406 e. The Morgan fingerprint density at radius 3 is 2.05 bits per heavy atom. The minimum absolute atomic E-state index is 0.803. The smallest absolute Gasteiger partial charge is 0.0406 e. The molecule has 1 rings (SSSR count). The van der Waals surface area contributed by atoms with Crippen molar-refractivity contribution < 1.29 is 0 Å². The summed E-state index contributed by atoms with van der Waals surface area (Å²) in [6.45, 7) is 0. The number of allylic oxidation sites excluding steroid dienone is 1. The summed E-state index contributed by atoms with van der Waals surface area (Å²) in [5.41, 5.74) is 1.24. The molecule has 0 N–H and O–H groups in total. The van der Waals surface area contributed by atoms with Crippen LogP contribution in [0, 0.1) is 0 Å². The molecule has 106 valence electrons. The summed E-state index contributed by atoms with van der Waals surface area (Å²) in [6, 6.07) is 7.99. The Bertz CT molecular complexity index is 343. The maximum atomic E-state index is 5.85. The molecule has 1 aromatic rings. The van der Waals surface area contributed by atoms with E-state index >= 15 is 0 Å². The highest BCUT2D eigenvalue weighted by molar-refractivity contribution is 9.09. The van der Waals surface area contributed by atoms with Crippen LogP contribution in [0.25, 0.3) is 6.08 Å². The summed E-state index contributed by atoms with van der Waals surface area (Å²) in [7, 11) is 0. The summed E-state index contributed by atoms with van der Waals surface area (Å²) < 4.78 is 0. The lowest BCUT2D eigenvalue weighted by molar-refractivity contribution is 0.594. The second-order valence-corrected chi connectivity index (χ2v) is 6.14. The largest absolute Gasteiger partial charge is 0.0928 e. The Morgan fingerprint density at radius 2 is 1.42 bits per heavy atom. The second kappa shape index (κ2) is 11.5. The lowest BCUT2D eigenvalue weighted by Crippen LogP contribution is -1.81. The fourth-order valence-electron chi connectivity index (χ4n) is 2.03. The van der Waals surface area contributed by atoms with Crippen LogP contribution in [-0.2, 0) is 0 Å². The number of unbranched alkanes of at least 4 members (excludes halogenated alkanes) is 7. The van der Waals surface area contributed by atoms with Crippen molar-refractivity contribution in [2.45, 2.75) is 51.4 Å². The Kier molecular flexibility index (Phi) is 10.2. The molecule has 0 aliphatic carbocycles. The fourth-order valence-corrected chi connectivity index (χ4v) is 2.56. The Hall–Kier alpha value is -0.270. The van der Waals surface area contributed by atoms with Gasteiger partial charge in [-0.1, -0.05) is 83.9 Å². The van der Waals surface area contributed by atoms with E-state index in [2.05, 4.69) is 40.2 Å². The number of hydrogen-bond acceptors (Lipinski definition) is 0. The summed E-state index contributed by atoms with van der Waals surface area (Å²) in [5.74, 6) is 0. The first-order chi connectivity index (χ1) is 9.33. The molecule has 0 heterocycles. The molecule has 0 nitrogen and oxygen atoms in total. The monoisotopic (exact) mass is 342 g/mol. The molecule has 0 aliphatic rings. The highest BCUT2D eigenvalue weighted by Crippen LogP contribution is 2.12. The van der Waals surface area contributed by atoms with Gasteiger partial charge in [-0.15, -0.1) is 0 Å². The van der Waals surface area contributed by atoms with E-state index in [9.17, 15) is 0 Å². The first kappa shape index (κ1) is 16.8. The number of benzene rings is 1. The number of rotatable bonds is 10. The molecular weight excluding hydrogens is 320 g/mol. The quantitative estimate of drug-likeness (QED) is 0.321. The number of alkyl halides is 1. The highest BCUT2D eigenvalue weighted by Gasteiger charge is 1.91. The normalized spacial score (nSPS) is 11.3. The van der Waals surface area contributed by atoms with Gasteiger partial charge in [0.15, 0.2) is 0 Å². The zero-order valence-corrected chi connectivity index (χ0v) is 13.9. The predicted molar refractivity (Wildman–Crippen MR) is 91.2 cm³/mol. The summed E-state index contributed by atoms with van der Waals surface area (Å²) >= 11 is 9.32. The Labute approximate surface area is 131 Å². The lowest BCUT2D eigenvalue weighted by atomic mass is 10.1. The number of halogens is 2. The lowest BCUT2D eigenvalue weighted by Gasteiger charge is -1.99. The van der Waals surface area contributed by atoms with Gasteiger partial charge in [0, 0.05) is 10.4 Å². The van der Waals surface area contributed by atoms with Gasteiger partial charge in [0.05, 0.1) is 0 Å². The molecule has 0 saturated heterocycles. The summed E-state index contributed by atoms with van der Waals surface area (Å²) in [5, 5.41) is 1.96. The first-order valence-corrected chi connectivity index (χ1v) is 8.81. The molecule has 0 bridgehead atoms. The van der Waals surface area contributed by atoms with Gasteiger partial charge in [-0.05, 0) is 37.0 Å². The van der Waals surface area contributed by atoms with Crippen molar-refractivity contribution in [3.8, 4) is 0 Å². The van der Waals surface area contributed by atoms with E-state index in [0.717, 1.165) is 10.4 Å². The van der Waals surface area contributed by atoms with Crippen LogP contribution in [-0.4, -0.2) is 5.33 Å². The van der Waals surface area contributed by atoms with Gasteiger partial charge in [0.25, 0.3) is 0 Å². The zero-order valence-electron chi connectivity index (χ0n) is 11.6. The third kappa shape index (κ3) is 9.29. The van der Waals surface area contributed by atoms with Crippen LogP contribution in [0.3, 0.4) is 0 Å². The molecule has 0 amide bonds. The predicted octanol–water partition coefficient (Wildman–Crippen LogP) is 6.87. The molecule has 19 heavy (non-hydrogen) atoms. The van der Waals surface area contributed by atoms with Crippen LogP contribution in [0.5, 0.6) is 0 Å². The van der Waals surface area contributed by atoms with Gasteiger partial charge < -0.3 is 0 Å². The SMILES string of the molecule is Clc1ccc(/C=C\CCCCCCCCCBr)cc1. The van der Waals surface area contributed by atoms with Crippen molar-refractivity contribution >= 4 is 33.6 Å². The Balaban J connectivity index is 1.97. The standard InChI is InChI=1S/C17H24BrCl/c18-15-9-7-5-3-1-2-4-6-8-10-16-11-13-17(19)14-12-16/h8,10-14H,1-7,9,15H2/b10-8-. The summed E-state index contributed by atoms with van der Waals surface area (Å²) in [6.07, 6.45) is 15.2. The third-order valence-electron chi connectivity index (χ3n) is 3.18. The molecular formula is C17H24BrCl. The van der Waals surface area contributed by atoms with E-state index in [4.69, 9.17) is 11.6 Å². The van der Waals surface area contributed by atoms with E-state index in [-0.39, 0.29) is 0 Å². The summed E-state index contributed by atoms with van der Waals surface area (Å²) in [4.78, 5) is 0. The van der Waals surface area contributed by atoms with Crippen molar-refractivity contribution in [1.29, 1.82) is 0 Å². The van der Waals surface area contributed by atoms with E-state index in [0.29, 0.717) is 0 Å². The van der Waals surface area contributed by atoms with Gasteiger partial charge >= 0.3 is 0 Å². The van der Waals surface area contributed by atoms with Gasteiger partial charge in [0.1, 0.15) is 0 Å².